The van der Waals surface area contributed by atoms with Crippen molar-refractivity contribution < 1.29 is 9.53 Å². The molecule has 4 aromatic rings. The number of anilines is 2. The topological polar surface area (TPSA) is 84.3 Å². The number of aryl methyl sites for hydroxylation is 2. The number of ether oxygens (including phenoxy) is 1. The molecule has 1 fully saturated rings. The summed E-state index contributed by atoms with van der Waals surface area (Å²) in [5, 5.41) is 6.96. The van der Waals surface area contributed by atoms with Gasteiger partial charge in [0.2, 0.25) is 5.91 Å². The van der Waals surface area contributed by atoms with Crippen LogP contribution in [0.2, 0.25) is 0 Å². The van der Waals surface area contributed by atoms with Crippen LogP contribution >= 0.6 is 12.2 Å². The maximum Gasteiger partial charge on any atom is 0.221 e. The van der Waals surface area contributed by atoms with Crippen LogP contribution in [0.3, 0.4) is 0 Å². The van der Waals surface area contributed by atoms with Gasteiger partial charge in [0, 0.05) is 36.4 Å². The van der Waals surface area contributed by atoms with Gasteiger partial charge < -0.3 is 24.8 Å². The number of aromatic nitrogens is 3. The Kier molecular flexibility index (Phi) is 6.86. The van der Waals surface area contributed by atoms with Gasteiger partial charge in [-0.25, -0.2) is 4.98 Å². The molecule has 0 radical (unpaired) electrons. The van der Waals surface area contributed by atoms with Crippen molar-refractivity contribution in [1.82, 2.24) is 19.9 Å². The monoisotopic (exact) mass is 526 g/mol. The van der Waals surface area contributed by atoms with Crippen molar-refractivity contribution in [3.63, 3.8) is 0 Å². The molecule has 3 aromatic heterocycles. The number of nitrogens with zero attached hydrogens (tertiary/aromatic N) is 4. The molecule has 0 aliphatic carbocycles. The van der Waals surface area contributed by atoms with Gasteiger partial charge in [-0.15, -0.1) is 0 Å². The molecule has 0 bridgehead atoms. The number of pyridine rings is 2. The maximum atomic E-state index is 11.9. The van der Waals surface area contributed by atoms with Gasteiger partial charge in [0.25, 0.3) is 0 Å². The summed E-state index contributed by atoms with van der Waals surface area (Å²) in [5.41, 5.74) is 6.63. The lowest BCUT2D eigenvalue weighted by Gasteiger charge is -2.29. The Balaban J connectivity index is 1.69. The van der Waals surface area contributed by atoms with Crippen LogP contribution in [0.25, 0.3) is 5.82 Å². The van der Waals surface area contributed by atoms with Crippen molar-refractivity contribution in [2.75, 3.05) is 17.3 Å². The molecular weight excluding hydrogens is 496 g/mol. The highest BCUT2D eigenvalue weighted by atomic mass is 32.1. The van der Waals surface area contributed by atoms with Crippen molar-refractivity contribution in [1.29, 1.82) is 0 Å². The average molecular weight is 527 g/mol. The zero-order valence-electron chi connectivity index (χ0n) is 22.0. The summed E-state index contributed by atoms with van der Waals surface area (Å²) >= 11 is 5.92. The molecule has 8 nitrogen and oxygen atoms in total. The molecule has 194 valence electrons. The van der Waals surface area contributed by atoms with Gasteiger partial charge >= 0.3 is 0 Å². The Morgan fingerprint density at radius 1 is 1.05 bits per heavy atom. The largest absolute Gasteiger partial charge is 0.495 e. The van der Waals surface area contributed by atoms with Crippen LogP contribution in [0.5, 0.6) is 5.75 Å². The summed E-state index contributed by atoms with van der Waals surface area (Å²) < 4.78 is 7.68. The van der Waals surface area contributed by atoms with Crippen LogP contribution < -0.4 is 20.3 Å². The van der Waals surface area contributed by atoms with E-state index in [0.29, 0.717) is 16.5 Å². The zero-order chi connectivity index (χ0) is 27.0. The fourth-order valence-corrected chi connectivity index (χ4v) is 5.55. The van der Waals surface area contributed by atoms with Crippen molar-refractivity contribution in [3.8, 4) is 11.6 Å². The predicted octanol–water partition coefficient (Wildman–Crippen LogP) is 5.34. The van der Waals surface area contributed by atoms with E-state index in [-0.39, 0.29) is 18.0 Å². The van der Waals surface area contributed by atoms with E-state index in [1.807, 2.05) is 48.7 Å². The van der Waals surface area contributed by atoms with Crippen LogP contribution in [-0.2, 0) is 4.79 Å². The van der Waals surface area contributed by atoms with E-state index in [1.165, 1.54) is 6.92 Å². The fraction of sp³-hybridized carbons (Fsp3) is 0.241. The van der Waals surface area contributed by atoms with Crippen molar-refractivity contribution in [2.45, 2.75) is 39.8 Å². The third-order valence-corrected chi connectivity index (χ3v) is 7.17. The van der Waals surface area contributed by atoms with E-state index in [2.05, 4.69) is 63.0 Å². The predicted molar refractivity (Wildman–Crippen MR) is 153 cm³/mol. The second kappa shape index (κ2) is 10.3. The van der Waals surface area contributed by atoms with Crippen LogP contribution in [0.1, 0.15) is 47.2 Å². The molecule has 1 aromatic carbocycles. The van der Waals surface area contributed by atoms with E-state index < -0.39 is 0 Å². The number of amides is 1. The molecule has 2 N–H and O–H groups in total. The molecule has 9 heteroatoms. The molecule has 1 aliphatic rings. The number of hydrogen-bond donors (Lipinski definition) is 2. The number of hydrogen-bond acceptors (Lipinski definition) is 5. The number of rotatable bonds is 6. The van der Waals surface area contributed by atoms with E-state index in [1.54, 1.807) is 13.3 Å². The zero-order valence-corrected chi connectivity index (χ0v) is 22.8. The number of methoxy groups -OCH3 is 1. The smallest absolute Gasteiger partial charge is 0.221 e. The SMILES string of the molecule is COc1ccc(N2C(=S)N[C@H](c3ccccn3)[C@@H]2c2cc(C)n(-c3ncccc3C)c2C)cc1NC(C)=O. The van der Waals surface area contributed by atoms with Gasteiger partial charge in [-0.1, -0.05) is 12.1 Å². The van der Waals surface area contributed by atoms with Crippen LogP contribution in [0, 0.1) is 20.8 Å². The number of benzene rings is 1. The lowest BCUT2D eigenvalue weighted by molar-refractivity contribution is -0.114. The third kappa shape index (κ3) is 4.50. The lowest BCUT2D eigenvalue weighted by Crippen LogP contribution is -2.29. The molecule has 1 aliphatic heterocycles. The molecule has 0 spiro atoms. The molecular formula is C29H30N6O2S. The van der Waals surface area contributed by atoms with Crippen LogP contribution in [0.4, 0.5) is 11.4 Å². The summed E-state index contributed by atoms with van der Waals surface area (Å²) in [6.07, 6.45) is 3.61. The van der Waals surface area contributed by atoms with Gasteiger partial charge in [-0.2, -0.15) is 0 Å². The summed E-state index contributed by atoms with van der Waals surface area (Å²) in [7, 11) is 1.58. The quantitative estimate of drug-likeness (QED) is 0.328. The Bertz CT molecular complexity index is 1520. The molecule has 38 heavy (non-hydrogen) atoms. The highest BCUT2D eigenvalue weighted by molar-refractivity contribution is 7.80. The minimum atomic E-state index is -0.208. The number of carbonyl (C=O) groups excluding carboxylic acids is 1. The van der Waals surface area contributed by atoms with Gasteiger partial charge in [0.1, 0.15) is 11.6 Å². The first-order valence-corrected chi connectivity index (χ1v) is 12.8. The first-order valence-electron chi connectivity index (χ1n) is 12.4. The molecule has 0 saturated carbocycles. The summed E-state index contributed by atoms with van der Waals surface area (Å²) in [4.78, 5) is 23.4. The number of nitrogens with one attached hydrogen (secondary N) is 2. The van der Waals surface area contributed by atoms with Crippen molar-refractivity contribution in [2.24, 2.45) is 0 Å². The van der Waals surface area contributed by atoms with Gasteiger partial charge in [-0.3, -0.25) is 9.78 Å². The van der Waals surface area contributed by atoms with Crippen LogP contribution in [0.15, 0.2) is 67.0 Å². The average Bonchev–Trinajstić information content (AvgIpc) is 3.39. The van der Waals surface area contributed by atoms with E-state index in [4.69, 9.17) is 17.0 Å². The van der Waals surface area contributed by atoms with Gasteiger partial charge in [0.15, 0.2) is 5.11 Å². The summed E-state index contributed by atoms with van der Waals surface area (Å²) in [5.74, 6) is 1.30. The van der Waals surface area contributed by atoms with E-state index in [0.717, 1.165) is 39.7 Å². The second-order valence-corrected chi connectivity index (χ2v) is 9.75. The number of thiocarbonyl (C=S) groups is 1. The third-order valence-electron chi connectivity index (χ3n) is 6.85. The fourth-order valence-electron chi connectivity index (χ4n) is 5.21. The Morgan fingerprint density at radius 3 is 2.53 bits per heavy atom. The molecule has 4 heterocycles. The first-order chi connectivity index (χ1) is 18.3. The maximum absolute atomic E-state index is 11.9. The van der Waals surface area contributed by atoms with E-state index >= 15 is 0 Å². The van der Waals surface area contributed by atoms with E-state index in [9.17, 15) is 4.79 Å². The highest BCUT2D eigenvalue weighted by Crippen LogP contribution is 2.45. The van der Waals surface area contributed by atoms with Crippen molar-refractivity contribution in [3.05, 3.63) is 95.2 Å². The van der Waals surface area contributed by atoms with Crippen LogP contribution in [-0.4, -0.2) is 32.7 Å². The normalized spacial score (nSPS) is 16.9. The molecule has 0 unspecified atom stereocenters. The standard InChI is InChI=1S/C29H30N6O2S/c1-17-9-8-14-31-28(17)34-18(2)15-22(19(34)3)27-26(23-10-6-7-13-30-23)33-29(38)35(27)21-11-12-25(37-5)24(16-21)32-20(4)36/h6-16,26-27H,1-5H3,(H,32,36)(H,33,38)/t26-,27+/m1/s1. The lowest BCUT2D eigenvalue weighted by atomic mass is 9.96. The minimum Gasteiger partial charge on any atom is -0.495 e. The summed E-state index contributed by atoms with van der Waals surface area (Å²) in [6, 6.07) is 17.4. The number of carbonyl (C=O) groups is 1. The minimum absolute atomic E-state index is 0.181. The molecule has 2 atom stereocenters. The Labute approximate surface area is 227 Å². The molecule has 5 rings (SSSR count). The molecule has 1 saturated heterocycles. The first kappa shape index (κ1) is 25.4. The second-order valence-electron chi connectivity index (χ2n) is 9.37. The summed E-state index contributed by atoms with van der Waals surface area (Å²) in [6.45, 7) is 7.75. The van der Waals surface area contributed by atoms with Gasteiger partial charge in [0.05, 0.1) is 30.6 Å². The van der Waals surface area contributed by atoms with Gasteiger partial charge in [-0.05, 0) is 86.6 Å². The molecule has 1 amide bonds. The Morgan fingerprint density at radius 2 is 1.84 bits per heavy atom. The van der Waals surface area contributed by atoms with Crippen molar-refractivity contribution >= 4 is 34.6 Å². The Hall–Kier alpha value is -4.24. The highest BCUT2D eigenvalue weighted by Gasteiger charge is 2.42.